The monoisotopic (exact) mass is 311 g/mol. The standard InChI is InChI=1S/C19H25N3O/c1-13-7-8-17(16-11-20-21(4)12-16)18(10-13)19(23)22-9-5-6-14(2)15(22)3/h7-8,10-12,14-15H,5-6,9H2,1-4H3. The Kier molecular flexibility index (Phi) is 4.24. The second-order valence-corrected chi connectivity index (χ2v) is 6.81. The Bertz CT molecular complexity index is 719. The first-order valence-corrected chi connectivity index (χ1v) is 8.38. The van der Waals surface area contributed by atoms with E-state index >= 15 is 0 Å². The van der Waals surface area contributed by atoms with Gasteiger partial charge in [0.1, 0.15) is 0 Å². The van der Waals surface area contributed by atoms with Crippen molar-refractivity contribution in [2.75, 3.05) is 6.54 Å². The smallest absolute Gasteiger partial charge is 0.254 e. The molecule has 2 heterocycles. The Morgan fingerprint density at radius 1 is 1.30 bits per heavy atom. The first-order chi connectivity index (χ1) is 11.0. The minimum Gasteiger partial charge on any atom is -0.336 e. The quantitative estimate of drug-likeness (QED) is 0.849. The molecule has 3 rings (SSSR count). The van der Waals surface area contributed by atoms with Crippen LogP contribution in [0.1, 0.15) is 42.6 Å². The highest BCUT2D eigenvalue weighted by Gasteiger charge is 2.30. The van der Waals surface area contributed by atoms with Crippen LogP contribution in [0.15, 0.2) is 30.6 Å². The van der Waals surface area contributed by atoms with Crippen LogP contribution >= 0.6 is 0 Å². The number of nitrogens with zero attached hydrogens (tertiary/aromatic N) is 3. The zero-order valence-electron chi connectivity index (χ0n) is 14.4. The maximum absolute atomic E-state index is 13.2. The second kappa shape index (κ2) is 6.19. The highest BCUT2D eigenvalue weighted by atomic mass is 16.2. The molecular weight excluding hydrogens is 286 g/mol. The molecule has 1 aliphatic heterocycles. The molecule has 2 unspecified atom stereocenters. The van der Waals surface area contributed by atoms with Gasteiger partial charge in [-0.05, 0) is 44.2 Å². The molecule has 1 fully saturated rings. The van der Waals surface area contributed by atoms with Crippen molar-refractivity contribution in [3.05, 3.63) is 41.7 Å². The van der Waals surface area contributed by atoms with Gasteiger partial charge < -0.3 is 4.90 Å². The second-order valence-electron chi connectivity index (χ2n) is 6.81. The van der Waals surface area contributed by atoms with Gasteiger partial charge in [-0.25, -0.2) is 0 Å². The summed E-state index contributed by atoms with van der Waals surface area (Å²) in [6, 6.07) is 6.40. The summed E-state index contributed by atoms with van der Waals surface area (Å²) >= 11 is 0. The van der Waals surface area contributed by atoms with Crippen molar-refractivity contribution < 1.29 is 4.79 Å². The predicted octanol–water partition coefficient (Wildman–Crippen LogP) is 3.66. The fourth-order valence-electron chi connectivity index (χ4n) is 3.42. The minimum atomic E-state index is 0.145. The lowest BCUT2D eigenvalue weighted by Gasteiger charge is -2.38. The number of aryl methyl sites for hydroxylation is 2. The van der Waals surface area contributed by atoms with E-state index in [1.54, 1.807) is 4.68 Å². The van der Waals surface area contributed by atoms with Crippen LogP contribution < -0.4 is 0 Å². The van der Waals surface area contributed by atoms with Crippen molar-refractivity contribution in [3.8, 4) is 11.1 Å². The van der Waals surface area contributed by atoms with Gasteiger partial charge in [0.2, 0.25) is 0 Å². The van der Waals surface area contributed by atoms with Crippen LogP contribution in [0.3, 0.4) is 0 Å². The van der Waals surface area contributed by atoms with Crippen LogP contribution in [-0.4, -0.2) is 33.2 Å². The van der Waals surface area contributed by atoms with Gasteiger partial charge in [-0.3, -0.25) is 9.48 Å². The number of benzene rings is 1. The van der Waals surface area contributed by atoms with E-state index < -0.39 is 0 Å². The number of likely N-dealkylation sites (tertiary alicyclic amines) is 1. The van der Waals surface area contributed by atoms with Gasteiger partial charge in [-0.2, -0.15) is 5.10 Å². The predicted molar refractivity (Wildman–Crippen MR) is 92.3 cm³/mol. The summed E-state index contributed by atoms with van der Waals surface area (Å²) in [6.45, 7) is 7.29. The lowest BCUT2D eigenvalue weighted by atomic mass is 9.90. The molecule has 23 heavy (non-hydrogen) atoms. The van der Waals surface area contributed by atoms with Crippen molar-refractivity contribution in [1.29, 1.82) is 0 Å². The van der Waals surface area contributed by atoms with Crippen LogP contribution in [0.5, 0.6) is 0 Å². The maximum atomic E-state index is 13.2. The SMILES string of the molecule is Cc1ccc(-c2cnn(C)c2)c(C(=O)N2CCCC(C)C2C)c1. The third-order valence-corrected chi connectivity index (χ3v) is 5.06. The number of carbonyl (C=O) groups excluding carboxylic acids is 1. The minimum absolute atomic E-state index is 0.145. The fraction of sp³-hybridized carbons (Fsp3) is 0.474. The largest absolute Gasteiger partial charge is 0.336 e. The average Bonchev–Trinajstić information content (AvgIpc) is 2.95. The molecule has 0 N–H and O–H groups in total. The lowest BCUT2D eigenvalue weighted by Crippen LogP contribution is -2.46. The number of carbonyl (C=O) groups is 1. The van der Waals surface area contributed by atoms with Gasteiger partial charge in [0.05, 0.1) is 6.20 Å². The summed E-state index contributed by atoms with van der Waals surface area (Å²) in [6.07, 6.45) is 6.08. The van der Waals surface area contributed by atoms with Crippen LogP contribution in [0.2, 0.25) is 0 Å². The number of aromatic nitrogens is 2. The van der Waals surface area contributed by atoms with Crippen molar-refractivity contribution >= 4 is 5.91 Å². The van der Waals surface area contributed by atoms with E-state index in [4.69, 9.17) is 0 Å². The van der Waals surface area contributed by atoms with Gasteiger partial charge in [0, 0.05) is 37.0 Å². The van der Waals surface area contributed by atoms with Crippen LogP contribution in [0, 0.1) is 12.8 Å². The molecule has 1 saturated heterocycles. The van der Waals surface area contributed by atoms with Gasteiger partial charge >= 0.3 is 0 Å². The molecule has 0 spiro atoms. The van der Waals surface area contributed by atoms with E-state index in [1.807, 2.05) is 43.4 Å². The lowest BCUT2D eigenvalue weighted by molar-refractivity contribution is 0.0551. The molecule has 4 nitrogen and oxygen atoms in total. The fourth-order valence-corrected chi connectivity index (χ4v) is 3.42. The first-order valence-electron chi connectivity index (χ1n) is 8.38. The maximum Gasteiger partial charge on any atom is 0.254 e. The molecule has 122 valence electrons. The van der Waals surface area contributed by atoms with E-state index in [1.165, 1.54) is 6.42 Å². The van der Waals surface area contributed by atoms with Gasteiger partial charge in [-0.1, -0.05) is 24.6 Å². The first kappa shape index (κ1) is 15.8. The highest BCUT2D eigenvalue weighted by Crippen LogP contribution is 2.29. The van der Waals surface area contributed by atoms with Crippen LogP contribution in [-0.2, 0) is 7.05 Å². The molecule has 0 saturated carbocycles. The number of rotatable bonds is 2. The van der Waals surface area contributed by atoms with Crippen molar-refractivity contribution in [2.24, 2.45) is 13.0 Å². The number of amides is 1. The van der Waals surface area contributed by atoms with Crippen molar-refractivity contribution in [2.45, 2.75) is 39.7 Å². The van der Waals surface area contributed by atoms with Crippen molar-refractivity contribution in [3.63, 3.8) is 0 Å². The number of hydrogen-bond acceptors (Lipinski definition) is 2. The Morgan fingerprint density at radius 3 is 2.78 bits per heavy atom. The Labute approximate surface area is 138 Å². The topological polar surface area (TPSA) is 38.1 Å². The molecule has 1 aromatic carbocycles. The summed E-state index contributed by atoms with van der Waals surface area (Å²) in [7, 11) is 1.90. The third-order valence-electron chi connectivity index (χ3n) is 5.06. The summed E-state index contributed by atoms with van der Waals surface area (Å²) < 4.78 is 1.77. The zero-order chi connectivity index (χ0) is 16.6. The van der Waals surface area contributed by atoms with E-state index in [2.05, 4.69) is 25.0 Å². The molecule has 0 radical (unpaired) electrons. The van der Waals surface area contributed by atoms with E-state index in [9.17, 15) is 4.79 Å². The number of hydrogen-bond donors (Lipinski definition) is 0. The van der Waals surface area contributed by atoms with Crippen molar-refractivity contribution in [1.82, 2.24) is 14.7 Å². The van der Waals surface area contributed by atoms with Crippen LogP contribution in [0.4, 0.5) is 0 Å². The molecular formula is C19H25N3O. The van der Waals surface area contributed by atoms with Crippen LogP contribution in [0.25, 0.3) is 11.1 Å². The highest BCUT2D eigenvalue weighted by molar-refractivity contribution is 6.01. The Balaban J connectivity index is 2.01. The summed E-state index contributed by atoms with van der Waals surface area (Å²) in [4.78, 5) is 15.3. The molecule has 1 aliphatic rings. The molecule has 4 heteroatoms. The Hall–Kier alpha value is -2.10. The van der Waals surface area contributed by atoms with E-state index in [-0.39, 0.29) is 5.91 Å². The van der Waals surface area contributed by atoms with Gasteiger partial charge in [-0.15, -0.1) is 0 Å². The summed E-state index contributed by atoms with van der Waals surface area (Å²) in [5.41, 5.74) is 3.87. The molecule has 1 amide bonds. The summed E-state index contributed by atoms with van der Waals surface area (Å²) in [5, 5.41) is 4.25. The van der Waals surface area contributed by atoms with Gasteiger partial charge in [0.15, 0.2) is 0 Å². The van der Waals surface area contributed by atoms with Gasteiger partial charge in [0.25, 0.3) is 5.91 Å². The molecule has 0 aliphatic carbocycles. The zero-order valence-corrected chi connectivity index (χ0v) is 14.4. The van der Waals surface area contributed by atoms with E-state index in [0.29, 0.717) is 12.0 Å². The molecule has 1 aromatic heterocycles. The average molecular weight is 311 g/mol. The third kappa shape index (κ3) is 3.03. The molecule has 2 atom stereocenters. The normalized spacial score (nSPS) is 21.5. The van der Waals surface area contributed by atoms with E-state index in [0.717, 1.165) is 35.2 Å². The summed E-state index contributed by atoms with van der Waals surface area (Å²) in [5.74, 6) is 0.700. The number of piperidine rings is 1. The molecule has 2 aromatic rings. The Morgan fingerprint density at radius 2 is 2.09 bits per heavy atom. The molecule has 0 bridgehead atoms.